The Labute approximate surface area is 102 Å². The van der Waals surface area contributed by atoms with Gasteiger partial charge in [0, 0.05) is 13.7 Å². The molecule has 1 N–H and O–H groups in total. The van der Waals surface area contributed by atoms with Crippen LogP contribution >= 0.6 is 0 Å². The normalized spacial score (nSPS) is 14.9. The van der Waals surface area contributed by atoms with Crippen LogP contribution in [0.4, 0.5) is 5.69 Å². The molecule has 1 aliphatic rings. The van der Waals surface area contributed by atoms with Gasteiger partial charge in [-0.25, -0.2) is 10.4 Å². The molecule has 0 saturated carbocycles. The van der Waals surface area contributed by atoms with Gasteiger partial charge in [0.1, 0.15) is 0 Å². The molecule has 0 unspecified atom stereocenters. The number of nitrogens with one attached hydrogen (secondary N) is 1. The summed E-state index contributed by atoms with van der Waals surface area (Å²) in [6.07, 6.45) is 3.00. The van der Waals surface area contributed by atoms with E-state index in [4.69, 9.17) is 9.47 Å². The smallest absolute Gasteiger partial charge is 0.208 e. The van der Waals surface area contributed by atoms with E-state index in [0.717, 1.165) is 24.5 Å². The lowest BCUT2D eigenvalue weighted by Gasteiger charge is -2.24. The SMILES string of the molecule is CCc1ccccc1N1NCC=C1OCOC. The maximum Gasteiger partial charge on any atom is 0.208 e. The summed E-state index contributed by atoms with van der Waals surface area (Å²) in [6, 6.07) is 8.30. The van der Waals surface area contributed by atoms with E-state index in [1.54, 1.807) is 7.11 Å². The molecule has 2 rings (SSSR count). The highest BCUT2D eigenvalue weighted by atomic mass is 16.7. The predicted octanol–water partition coefficient (Wildman–Crippen LogP) is 2.04. The van der Waals surface area contributed by atoms with Gasteiger partial charge in [0.2, 0.25) is 5.88 Å². The molecule has 0 spiro atoms. The third-order valence-corrected chi connectivity index (χ3v) is 2.68. The molecule has 1 aromatic carbocycles. The van der Waals surface area contributed by atoms with Gasteiger partial charge in [0.25, 0.3) is 0 Å². The molecule has 0 fully saturated rings. The summed E-state index contributed by atoms with van der Waals surface area (Å²) >= 11 is 0. The molecule has 1 heterocycles. The van der Waals surface area contributed by atoms with Gasteiger partial charge in [-0.1, -0.05) is 25.1 Å². The highest BCUT2D eigenvalue weighted by molar-refractivity contribution is 5.57. The van der Waals surface area contributed by atoms with Crippen LogP contribution in [0.1, 0.15) is 12.5 Å². The minimum Gasteiger partial charge on any atom is -0.451 e. The van der Waals surface area contributed by atoms with E-state index in [2.05, 4.69) is 30.5 Å². The minimum absolute atomic E-state index is 0.262. The first-order chi connectivity index (χ1) is 8.36. The highest BCUT2D eigenvalue weighted by Crippen LogP contribution is 2.25. The monoisotopic (exact) mass is 234 g/mol. The van der Waals surface area contributed by atoms with Crippen molar-refractivity contribution in [1.82, 2.24) is 5.43 Å². The van der Waals surface area contributed by atoms with Crippen molar-refractivity contribution in [1.29, 1.82) is 0 Å². The molecule has 0 bridgehead atoms. The molecule has 4 nitrogen and oxygen atoms in total. The average Bonchev–Trinajstić information content (AvgIpc) is 2.84. The Hall–Kier alpha value is -1.52. The summed E-state index contributed by atoms with van der Waals surface area (Å²) in [4.78, 5) is 0. The number of aryl methyl sites for hydroxylation is 1. The van der Waals surface area contributed by atoms with Crippen molar-refractivity contribution in [3.63, 3.8) is 0 Å². The van der Waals surface area contributed by atoms with E-state index in [1.807, 2.05) is 17.2 Å². The van der Waals surface area contributed by atoms with Gasteiger partial charge in [0.15, 0.2) is 6.79 Å². The van der Waals surface area contributed by atoms with Crippen LogP contribution in [0.3, 0.4) is 0 Å². The van der Waals surface area contributed by atoms with Gasteiger partial charge in [-0.15, -0.1) is 0 Å². The number of ether oxygens (including phenoxy) is 2. The van der Waals surface area contributed by atoms with Crippen molar-refractivity contribution in [3.05, 3.63) is 41.8 Å². The van der Waals surface area contributed by atoms with Gasteiger partial charge in [0.05, 0.1) is 5.69 Å². The van der Waals surface area contributed by atoms with E-state index in [9.17, 15) is 0 Å². The number of nitrogens with zero attached hydrogens (tertiary/aromatic N) is 1. The Morgan fingerprint density at radius 2 is 2.18 bits per heavy atom. The number of para-hydroxylation sites is 1. The summed E-state index contributed by atoms with van der Waals surface area (Å²) < 4.78 is 10.4. The number of anilines is 1. The molecule has 0 radical (unpaired) electrons. The van der Waals surface area contributed by atoms with Gasteiger partial charge in [-0.3, -0.25) is 0 Å². The van der Waals surface area contributed by atoms with Crippen molar-refractivity contribution in [2.45, 2.75) is 13.3 Å². The van der Waals surface area contributed by atoms with Gasteiger partial charge in [-0.05, 0) is 24.1 Å². The fraction of sp³-hybridized carbons (Fsp3) is 0.385. The van der Waals surface area contributed by atoms with Crippen LogP contribution in [0.2, 0.25) is 0 Å². The number of rotatable bonds is 5. The lowest BCUT2D eigenvalue weighted by atomic mass is 10.1. The quantitative estimate of drug-likeness (QED) is 0.790. The summed E-state index contributed by atoms with van der Waals surface area (Å²) in [6.45, 7) is 3.18. The lowest BCUT2D eigenvalue weighted by molar-refractivity contribution is 0.00347. The summed E-state index contributed by atoms with van der Waals surface area (Å²) in [7, 11) is 1.62. The lowest BCUT2D eigenvalue weighted by Crippen LogP contribution is -2.33. The molecule has 1 aliphatic heterocycles. The van der Waals surface area contributed by atoms with E-state index in [-0.39, 0.29) is 6.79 Å². The second-order valence-electron chi connectivity index (χ2n) is 3.77. The summed E-state index contributed by atoms with van der Waals surface area (Å²) in [5, 5.41) is 1.97. The molecule has 17 heavy (non-hydrogen) atoms. The zero-order valence-electron chi connectivity index (χ0n) is 10.3. The molecule has 4 heteroatoms. The number of methoxy groups -OCH3 is 1. The first-order valence-corrected chi connectivity index (χ1v) is 5.80. The Bertz CT molecular complexity index is 404. The zero-order chi connectivity index (χ0) is 12.1. The summed E-state index contributed by atoms with van der Waals surface area (Å²) in [5.74, 6) is 0.799. The van der Waals surface area contributed by atoms with Gasteiger partial charge < -0.3 is 9.47 Å². The molecule has 1 aromatic rings. The Balaban J connectivity index is 2.18. The average molecular weight is 234 g/mol. The molecular weight excluding hydrogens is 216 g/mol. The fourth-order valence-electron chi connectivity index (χ4n) is 1.87. The highest BCUT2D eigenvalue weighted by Gasteiger charge is 2.19. The van der Waals surface area contributed by atoms with E-state index in [1.165, 1.54) is 5.56 Å². The van der Waals surface area contributed by atoms with Crippen LogP contribution in [-0.4, -0.2) is 20.4 Å². The van der Waals surface area contributed by atoms with Crippen LogP contribution in [-0.2, 0) is 15.9 Å². The maximum atomic E-state index is 5.52. The molecule has 0 atom stereocenters. The van der Waals surface area contributed by atoms with Gasteiger partial charge >= 0.3 is 0 Å². The van der Waals surface area contributed by atoms with E-state index < -0.39 is 0 Å². The maximum absolute atomic E-state index is 5.52. The van der Waals surface area contributed by atoms with Gasteiger partial charge in [-0.2, -0.15) is 0 Å². The van der Waals surface area contributed by atoms with E-state index in [0.29, 0.717) is 0 Å². The first kappa shape index (κ1) is 12.0. The Morgan fingerprint density at radius 1 is 1.35 bits per heavy atom. The fourth-order valence-corrected chi connectivity index (χ4v) is 1.87. The standard InChI is InChI=1S/C13H18N2O2/c1-3-11-6-4-5-7-12(11)15-13(8-9-14-15)17-10-16-2/h4-8,14H,3,9-10H2,1-2H3. The Kier molecular flexibility index (Phi) is 4.01. The largest absolute Gasteiger partial charge is 0.451 e. The van der Waals surface area contributed by atoms with Crippen molar-refractivity contribution in [2.24, 2.45) is 0 Å². The molecule has 0 amide bonds. The molecule has 92 valence electrons. The third kappa shape index (κ3) is 2.60. The van der Waals surface area contributed by atoms with Crippen molar-refractivity contribution in [3.8, 4) is 0 Å². The predicted molar refractivity (Wildman–Crippen MR) is 67.3 cm³/mol. The zero-order valence-corrected chi connectivity index (χ0v) is 10.3. The van der Waals surface area contributed by atoms with Crippen LogP contribution in [0.25, 0.3) is 0 Å². The van der Waals surface area contributed by atoms with Crippen LogP contribution in [0.15, 0.2) is 36.2 Å². The second-order valence-corrected chi connectivity index (χ2v) is 3.77. The number of benzene rings is 1. The second kappa shape index (κ2) is 5.70. The van der Waals surface area contributed by atoms with Crippen LogP contribution in [0, 0.1) is 0 Å². The molecule has 0 saturated heterocycles. The molecule has 0 aliphatic carbocycles. The number of hydrogen-bond acceptors (Lipinski definition) is 4. The molecular formula is C13H18N2O2. The van der Waals surface area contributed by atoms with E-state index >= 15 is 0 Å². The van der Waals surface area contributed by atoms with Crippen molar-refractivity contribution < 1.29 is 9.47 Å². The minimum atomic E-state index is 0.262. The summed E-state index contributed by atoms with van der Waals surface area (Å²) in [5.41, 5.74) is 5.69. The van der Waals surface area contributed by atoms with Crippen molar-refractivity contribution >= 4 is 5.69 Å². The topological polar surface area (TPSA) is 33.7 Å². The third-order valence-electron chi connectivity index (χ3n) is 2.68. The number of hydrogen-bond donors (Lipinski definition) is 1. The van der Waals surface area contributed by atoms with Crippen LogP contribution in [0.5, 0.6) is 0 Å². The van der Waals surface area contributed by atoms with Crippen LogP contribution < -0.4 is 10.4 Å². The molecule has 0 aromatic heterocycles. The Morgan fingerprint density at radius 3 is 2.94 bits per heavy atom. The van der Waals surface area contributed by atoms with Crippen molar-refractivity contribution in [2.75, 3.05) is 25.5 Å². The number of hydrazine groups is 1. The first-order valence-electron chi connectivity index (χ1n) is 5.80.